The SMILES string of the molecule is CCN1CCN(CC(=O)N(C)c2ccc(N=C(c3ccc4c(c3)OCO4)c3c(O)[nH]c4cc(Cl)ccc34)cc2)CC1. The Balaban J connectivity index is 1.29. The van der Waals surface area contributed by atoms with Gasteiger partial charge in [0, 0.05) is 54.9 Å². The molecule has 1 fully saturated rings. The summed E-state index contributed by atoms with van der Waals surface area (Å²) in [7, 11) is 1.80. The van der Waals surface area contributed by atoms with Crippen molar-refractivity contribution in [1.29, 1.82) is 0 Å². The summed E-state index contributed by atoms with van der Waals surface area (Å²) < 4.78 is 11.1. The zero-order chi connectivity index (χ0) is 28.5. The third-order valence-electron chi connectivity index (χ3n) is 7.75. The van der Waals surface area contributed by atoms with Crippen LogP contribution in [0.2, 0.25) is 5.02 Å². The maximum Gasteiger partial charge on any atom is 0.240 e. The van der Waals surface area contributed by atoms with Crippen molar-refractivity contribution in [3.05, 3.63) is 76.8 Å². The van der Waals surface area contributed by atoms with Crippen LogP contribution in [-0.4, -0.2) is 84.6 Å². The Morgan fingerprint density at radius 1 is 1.00 bits per heavy atom. The highest BCUT2D eigenvalue weighted by atomic mass is 35.5. The lowest BCUT2D eigenvalue weighted by Crippen LogP contribution is -2.49. The number of nitrogens with one attached hydrogen (secondary N) is 1. The molecule has 212 valence electrons. The number of rotatable bonds is 7. The number of H-pyrrole nitrogens is 1. The van der Waals surface area contributed by atoms with Crippen LogP contribution in [0.4, 0.5) is 11.4 Å². The molecule has 0 saturated carbocycles. The number of nitrogens with zero attached hydrogens (tertiary/aromatic N) is 4. The lowest BCUT2D eigenvalue weighted by Gasteiger charge is -2.34. The van der Waals surface area contributed by atoms with Crippen molar-refractivity contribution in [3.8, 4) is 17.4 Å². The molecule has 3 heterocycles. The summed E-state index contributed by atoms with van der Waals surface area (Å²) >= 11 is 6.20. The number of aromatic hydroxyl groups is 1. The summed E-state index contributed by atoms with van der Waals surface area (Å²) in [6, 6.07) is 18.5. The van der Waals surface area contributed by atoms with Gasteiger partial charge in [0.1, 0.15) is 0 Å². The average molecular weight is 574 g/mol. The molecule has 2 aliphatic rings. The molecule has 1 saturated heterocycles. The first-order valence-corrected chi connectivity index (χ1v) is 14.1. The van der Waals surface area contributed by atoms with Gasteiger partial charge in [0.25, 0.3) is 0 Å². The topological polar surface area (TPSA) is 93.6 Å². The zero-order valence-electron chi connectivity index (χ0n) is 23.1. The van der Waals surface area contributed by atoms with Crippen LogP contribution < -0.4 is 14.4 Å². The highest BCUT2D eigenvalue weighted by Gasteiger charge is 2.23. The van der Waals surface area contributed by atoms with E-state index in [0.717, 1.165) is 49.4 Å². The summed E-state index contributed by atoms with van der Waals surface area (Å²) in [5.41, 5.74) is 4.01. The molecule has 6 rings (SSSR count). The number of carbonyl (C=O) groups is 1. The van der Waals surface area contributed by atoms with Crippen molar-refractivity contribution in [2.75, 3.05) is 58.0 Å². The number of hydrogen-bond acceptors (Lipinski definition) is 7. The molecule has 0 aliphatic carbocycles. The Labute approximate surface area is 243 Å². The molecule has 3 aromatic carbocycles. The Morgan fingerprint density at radius 2 is 1.73 bits per heavy atom. The van der Waals surface area contributed by atoms with Gasteiger partial charge in [-0.15, -0.1) is 0 Å². The second kappa shape index (κ2) is 11.4. The van der Waals surface area contributed by atoms with Gasteiger partial charge in [-0.3, -0.25) is 9.69 Å². The van der Waals surface area contributed by atoms with Gasteiger partial charge in [-0.25, -0.2) is 4.99 Å². The number of piperazine rings is 1. The predicted octanol–water partition coefficient (Wildman–Crippen LogP) is 5.03. The molecule has 9 nitrogen and oxygen atoms in total. The Bertz CT molecular complexity index is 1610. The van der Waals surface area contributed by atoms with Crippen LogP contribution >= 0.6 is 11.6 Å². The molecule has 2 aliphatic heterocycles. The Hall–Kier alpha value is -4.05. The summed E-state index contributed by atoms with van der Waals surface area (Å²) in [6.45, 7) is 7.54. The number of anilines is 1. The molecule has 0 unspecified atom stereocenters. The van der Waals surface area contributed by atoms with Crippen LogP contribution in [0, 0.1) is 0 Å². The summed E-state index contributed by atoms with van der Waals surface area (Å²) in [5.74, 6) is 1.31. The third-order valence-corrected chi connectivity index (χ3v) is 7.98. The van der Waals surface area contributed by atoms with E-state index >= 15 is 0 Å². The van der Waals surface area contributed by atoms with Gasteiger partial charge < -0.3 is 29.4 Å². The molecule has 1 amide bonds. The van der Waals surface area contributed by atoms with E-state index in [0.29, 0.717) is 45.5 Å². The lowest BCUT2D eigenvalue weighted by molar-refractivity contribution is -0.119. The number of aromatic amines is 1. The first-order chi connectivity index (χ1) is 19.9. The van der Waals surface area contributed by atoms with Gasteiger partial charge in [-0.1, -0.05) is 24.6 Å². The summed E-state index contributed by atoms with van der Waals surface area (Å²) in [4.78, 5) is 27.3. The molecule has 10 heteroatoms. The van der Waals surface area contributed by atoms with Gasteiger partial charge in [0.05, 0.1) is 29.0 Å². The standard InChI is InChI=1S/C31H32ClN5O4/c1-3-36-12-14-37(15-13-36)18-28(38)35(2)23-8-6-22(7-9-23)33-30(20-4-11-26-27(16-20)41-19-40-26)29-24-10-5-21(32)17-25(24)34-31(29)39/h4-11,16-17,34,39H,3,12-15,18-19H2,1-2H3. The van der Waals surface area contributed by atoms with Gasteiger partial charge >= 0.3 is 0 Å². The normalized spacial score (nSPS) is 15.9. The van der Waals surface area contributed by atoms with Crippen LogP contribution in [0.3, 0.4) is 0 Å². The number of fused-ring (bicyclic) bond motifs is 2. The summed E-state index contributed by atoms with van der Waals surface area (Å²) in [5, 5.41) is 12.3. The monoisotopic (exact) mass is 573 g/mol. The van der Waals surface area contributed by atoms with E-state index in [1.807, 2.05) is 48.5 Å². The highest BCUT2D eigenvalue weighted by molar-refractivity contribution is 6.31. The fourth-order valence-corrected chi connectivity index (χ4v) is 5.46. The van der Waals surface area contributed by atoms with Crippen molar-refractivity contribution in [2.45, 2.75) is 6.92 Å². The second-order valence-corrected chi connectivity index (χ2v) is 10.7. The van der Waals surface area contributed by atoms with E-state index in [-0.39, 0.29) is 18.6 Å². The van der Waals surface area contributed by atoms with Gasteiger partial charge in [0.2, 0.25) is 12.7 Å². The number of halogens is 1. The van der Waals surface area contributed by atoms with Crippen LogP contribution in [-0.2, 0) is 4.79 Å². The van der Waals surface area contributed by atoms with Crippen molar-refractivity contribution in [2.24, 2.45) is 4.99 Å². The maximum atomic E-state index is 13.0. The molecular weight excluding hydrogens is 542 g/mol. The van der Waals surface area contributed by atoms with Crippen LogP contribution in [0.1, 0.15) is 18.1 Å². The fraction of sp³-hybridized carbons (Fsp3) is 0.290. The molecule has 4 aromatic rings. The quantitative estimate of drug-likeness (QED) is 0.301. The molecule has 0 spiro atoms. The van der Waals surface area contributed by atoms with Gasteiger partial charge in [-0.05, 0) is 61.1 Å². The molecule has 0 radical (unpaired) electrons. The molecule has 0 atom stereocenters. The van der Waals surface area contributed by atoms with Gasteiger partial charge in [0.15, 0.2) is 17.4 Å². The van der Waals surface area contributed by atoms with E-state index < -0.39 is 0 Å². The number of aromatic nitrogens is 1. The number of benzene rings is 3. The number of aliphatic imine (C=N–C) groups is 1. The predicted molar refractivity (Wildman–Crippen MR) is 161 cm³/mol. The number of amides is 1. The zero-order valence-corrected chi connectivity index (χ0v) is 23.8. The molecule has 41 heavy (non-hydrogen) atoms. The first-order valence-electron chi connectivity index (χ1n) is 13.7. The van der Waals surface area contributed by atoms with Crippen LogP contribution in [0.5, 0.6) is 17.4 Å². The van der Waals surface area contributed by atoms with E-state index in [1.54, 1.807) is 24.1 Å². The van der Waals surface area contributed by atoms with Crippen LogP contribution in [0.15, 0.2) is 65.7 Å². The fourth-order valence-electron chi connectivity index (χ4n) is 5.29. The Kier molecular flexibility index (Phi) is 7.57. The number of likely N-dealkylation sites (N-methyl/N-ethyl adjacent to an activating group) is 2. The first kappa shape index (κ1) is 27.1. The minimum atomic E-state index is -0.0135. The van der Waals surface area contributed by atoms with Crippen molar-refractivity contribution in [1.82, 2.24) is 14.8 Å². The van der Waals surface area contributed by atoms with Crippen molar-refractivity contribution < 1.29 is 19.4 Å². The minimum Gasteiger partial charge on any atom is -0.494 e. The van der Waals surface area contributed by atoms with Gasteiger partial charge in [-0.2, -0.15) is 0 Å². The van der Waals surface area contributed by atoms with E-state index in [2.05, 4.69) is 21.7 Å². The van der Waals surface area contributed by atoms with Crippen molar-refractivity contribution >= 4 is 45.5 Å². The third kappa shape index (κ3) is 5.61. The average Bonchev–Trinajstić information content (AvgIpc) is 3.59. The number of ether oxygens (including phenoxy) is 2. The smallest absolute Gasteiger partial charge is 0.240 e. The number of hydrogen-bond donors (Lipinski definition) is 2. The van der Waals surface area contributed by atoms with Crippen LogP contribution in [0.25, 0.3) is 10.9 Å². The van der Waals surface area contributed by atoms with E-state index in [4.69, 9.17) is 26.1 Å². The summed E-state index contributed by atoms with van der Waals surface area (Å²) in [6.07, 6.45) is 0. The number of carbonyl (C=O) groups excluding carboxylic acids is 1. The van der Waals surface area contributed by atoms with E-state index in [9.17, 15) is 9.90 Å². The highest BCUT2D eigenvalue weighted by Crippen LogP contribution is 2.37. The molecular formula is C31H32ClN5O4. The van der Waals surface area contributed by atoms with E-state index in [1.165, 1.54) is 0 Å². The lowest BCUT2D eigenvalue weighted by atomic mass is 10.00. The second-order valence-electron chi connectivity index (χ2n) is 10.2. The van der Waals surface area contributed by atoms with Crippen molar-refractivity contribution in [3.63, 3.8) is 0 Å². The Morgan fingerprint density at radius 3 is 2.49 bits per heavy atom. The molecule has 0 bridgehead atoms. The minimum absolute atomic E-state index is 0.0135. The maximum absolute atomic E-state index is 13.0. The molecule has 2 N–H and O–H groups in total. The molecule has 1 aromatic heterocycles. The largest absolute Gasteiger partial charge is 0.494 e.